The Morgan fingerprint density at radius 1 is 1.50 bits per heavy atom. The lowest BCUT2D eigenvalue weighted by atomic mass is 10.2. The van der Waals surface area contributed by atoms with Crippen molar-refractivity contribution >= 4 is 23.4 Å². The van der Waals surface area contributed by atoms with Crippen LogP contribution in [0.2, 0.25) is 5.02 Å². The number of hydrogen-bond donors (Lipinski definition) is 1. The minimum Gasteiger partial charge on any atom is -0.262 e. The van der Waals surface area contributed by atoms with E-state index in [0.717, 1.165) is 5.82 Å². The second-order valence-corrected chi connectivity index (χ2v) is 4.61. The summed E-state index contributed by atoms with van der Waals surface area (Å²) >= 11 is 7.04. The van der Waals surface area contributed by atoms with E-state index >= 15 is 0 Å². The van der Waals surface area contributed by atoms with Gasteiger partial charge in [0.05, 0.1) is 0 Å². The average molecular weight is 258 g/mol. The van der Waals surface area contributed by atoms with Gasteiger partial charge in [0.2, 0.25) is 5.16 Å². The van der Waals surface area contributed by atoms with Gasteiger partial charge in [-0.3, -0.25) is 5.10 Å². The molecule has 0 atom stereocenters. The van der Waals surface area contributed by atoms with Gasteiger partial charge < -0.3 is 0 Å². The van der Waals surface area contributed by atoms with Gasteiger partial charge in [0.25, 0.3) is 0 Å². The summed E-state index contributed by atoms with van der Waals surface area (Å²) in [6.45, 7) is 1.82. The normalized spacial score (nSPS) is 10.7. The molecule has 0 radical (unpaired) electrons. The fourth-order valence-electron chi connectivity index (χ4n) is 1.17. The van der Waals surface area contributed by atoms with Crippen LogP contribution >= 0.6 is 23.4 Å². The zero-order valence-electron chi connectivity index (χ0n) is 8.50. The summed E-state index contributed by atoms with van der Waals surface area (Å²) in [5.74, 6) is 0.937. The predicted molar refractivity (Wildman–Crippen MR) is 62.1 cm³/mol. The highest BCUT2D eigenvalue weighted by atomic mass is 35.5. The number of hydrogen-bond acceptors (Lipinski definition) is 3. The summed E-state index contributed by atoms with van der Waals surface area (Å²) in [6.07, 6.45) is 0. The van der Waals surface area contributed by atoms with E-state index in [-0.39, 0.29) is 5.82 Å². The largest absolute Gasteiger partial charge is 0.262 e. The van der Waals surface area contributed by atoms with E-state index in [0.29, 0.717) is 21.5 Å². The Kier molecular flexibility index (Phi) is 3.46. The third-order valence-corrected chi connectivity index (χ3v) is 3.08. The quantitative estimate of drug-likeness (QED) is 0.859. The standard InChI is InChI=1S/C10H9ClFN3S/c1-6-13-10(15-14-6)16-5-7-2-3-8(11)4-9(7)12/h2-4H,5H2,1H3,(H,13,14,15). The molecule has 0 unspecified atom stereocenters. The molecule has 0 spiro atoms. The number of aryl methyl sites for hydroxylation is 1. The van der Waals surface area contributed by atoms with Crippen LogP contribution in [0.4, 0.5) is 4.39 Å². The predicted octanol–water partition coefficient (Wildman–Crippen LogP) is 3.20. The van der Waals surface area contributed by atoms with Crippen LogP contribution in [0, 0.1) is 12.7 Å². The van der Waals surface area contributed by atoms with Crippen molar-refractivity contribution in [1.82, 2.24) is 15.2 Å². The zero-order chi connectivity index (χ0) is 11.5. The Balaban J connectivity index is 2.04. The number of benzene rings is 1. The zero-order valence-corrected chi connectivity index (χ0v) is 10.1. The number of nitrogens with zero attached hydrogens (tertiary/aromatic N) is 2. The molecule has 1 heterocycles. The van der Waals surface area contributed by atoms with Crippen LogP contribution in [0.3, 0.4) is 0 Å². The molecule has 3 nitrogen and oxygen atoms in total. The van der Waals surface area contributed by atoms with E-state index in [9.17, 15) is 4.39 Å². The van der Waals surface area contributed by atoms with Crippen molar-refractivity contribution in [3.8, 4) is 0 Å². The molecule has 6 heteroatoms. The molecule has 0 aliphatic carbocycles. The van der Waals surface area contributed by atoms with E-state index in [1.165, 1.54) is 17.8 Å². The van der Waals surface area contributed by atoms with Crippen LogP contribution in [0.1, 0.15) is 11.4 Å². The molecule has 0 saturated carbocycles. The monoisotopic (exact) mass is 257 g/mol. The average Bonchev–Trinajstić information content (AvgIpc) is 2.63. The summed E-state index contributed by atoms with van der Waals surface area (Å²) in [5.41, 5.74) is 0.594. The molecule has 2 aromatic rings. The molecule has 1 N–H and O–H groups in total. The molecule has 0 saturated heterocycles. The van der Waals surface area contributed by atoms with Crippen molar-refractivity contribution in [3.63, 3.8) is 0 Å². The van der Waals surface area contributed by atoms with Crippen LogP contribution in [-0.2, 0) is 5.75 Å². The van der Waals surface area contributed by atoms with Gasteiger partial charge in [0.1, 0.15) is 11.6 Å². The maximum Gasteiger partial charge on any atom is 0.208 e. The van der Waals surface area contributed by atoms with Crippen LogP contribution in [-0.4, -0.2) is 15.2 Å². The first-order valence-electron chi connectivity index (χ1n) is 4.61. The number of halogens is 2. The molecule has 0 amide bonds. The fourth-order valence-corrected chi connectivity index (χ4v) is 2.16. The topological polar surface area (TPSA) is 41.6 Å². The first-order chi connectivity index (χ1) is 7.65. The van der Waals surface area contributed by atoms with Crippen molar-refractivity contribution in [1.29, 1.82) is 0 Å². The maximum atomic E-state index is 13.4. The highest BCUT2D eigenvalue weighted by Gasteiger charge is 2.06. The first-order valence-corrected chi connectivity index (χ1v) is 5.97. The second-order valence-electron chi connectivity index (χ2n) is 3.23. The van der Waals surface area contributed by atoms with Gasteiger partial charge in [-0.05, 0) is 24.6 Å². The molecule has 0 fully saturated rings. The number of aromatic amines is 1. The molecule has 0 bridgehead atoms. The van der Waals surface area contributed by atoms with E-state index < -0.39 is 0 Å². The van der Waals surface area contributed by atoms with Crippen LogP contribution < -0.4 is 0 Å². The Hall–Kier alpha value is -1.07. The molecule has 0 aliphatic heterocycles. The van der Waals surface area contributed by atoms with Crippen molar-refractivity contribution in [2.45, 2.75) is 17.8 Å². The van der Waals surface area contributed by atoms with Gasteiger partial charge in [-0.25, -0.2) is 9.37 Å². The van der Waals surface area contributed by atoms with Crippen molar-refractivity contribution in [2.75, 3.05) is 0 Å². The van der Waals surface area contributed by atoms with E-state index in [1.807, 2.05) is 6.92 Å². The van der Waals surface area contributed by atoms with Gasteiger partial charge in [-0.2, -0.15) is 0 Å². The van der Waals surface area contributed by atoms with Crippen LogP contribution in [0.15, 0.2) is 23.4 Å². The minimum absolute atomic E-state index is 0.299. The van der Waals surface area contributed by atoms with Gasteiger partial charge in [0, 0.05) is 10.8 Å². The molecule has 1 aromatic heterocycles. The summed E-state index contributed by atoms with van der Waals surface area (Å²) in [6, 6.07) is 4.65. The van der Waals surface area contributed by atoms with Crippen LogP contribution in [0.25, 0.3) is 0 Å². The molecule has 16 heavy (non-hydrogen) atoms. The van der Waals surface area contributed by atoms with E-state index in [1.54, 1.807) is 12.1 Å². The highest BCUT2D eigenvalue weighted by Crippen LogP contribution is 2.22. The first kappa shape index (κ1) is 11.4. The number of H-pyrrole nitrogens is 1. The Labute approximate surface area is 101 Å². The smallest absolute Gasteiger partial charge is 0.208 e. The molecule has 0 aliphatic rings. The fraction of sp³-hybridized carbons (Fsp3) is 0.200. The van der Waals surface area contributed by atoms with Gasteiger partial charge in [0.15, 0.2) is 0 Å². The summed E-state index contributed by atoms with van der Waals surface area (Å²) in [7, 11) is 0. The van der Waals surface area contributed by atoms with Crippen molar-refractivity contribution < 1.29 is 4.39 Å². The summed E-state index contributed by atoms with van der Waals surface area (Å²) in [4.78, 5) is 4.12. The van der Waals surface area contributed by atoms with Crippen molar-refractivity contribution in [2.24, 2.45) is 0 Å². The summed E-state index contributed by atoms with van der Waals surface area (Å²) < 4.78 is 13.4. The maximum absolute atomic E-state index is 13.4. The minimum atomic E-state index is -0.299. The SMILES string of the molecule is Cc1nc(SCc2ccc(Cl)cc2F)n[nH]1. The molecular formula is C10H9ClFN3S. The molecule has 1 aromatic carbocycles. The molecular weight excluding hydrogens is 249 g/mol. The summed E-state index contributed by atoms with van der Waals surface area (Å²) in [5, 5.41) is 7.71. The lowest BCUT2D eigenvalue weighted by molar-refractivity contribution is 0.617. The Bertz CT molecular complexity index is 501. The van der Waals surface area contributed by atoms with Gasteiger partial charge >= 0.3 is 0 Å². The van der Waals surface area contributed by atoms with Gasteiger partial charge in [-0.1, -0.05) is 29.4 Å². The highest BCUT2D eigenvalue weighted by molar-refractivity contribution is 7.98. The van der Waals surface area contributed by atoms with Gasteiger partial charge in [-0.15, -0.1) is 5.10 Å². The number of thioether (sulfide) groups is 1. The number of rotatable bonds is 3. The second kappa shape index (κ2) is 4.84. The van der Waals surface area contributed by atoms with E-state index in [2.05, 4.69) is 15.2 Å². The lowest BCUT2D eigenvalue weighted by Crippen LogP contribution is -1.88. The Morgan fingerprint density at radius 3 is 2.94 bits per heavy atom. The third kappa shape index (κ3) is 2.74. The van der Waals surface area contributed by atoms with Crippen molar-refractivity contribution in [3.05, 3.63) is 40.4 Å². The number of aromatic nitrogens is 3. The molecule has 2 rings (SSSR count). The molecule has 84 valence electrons. The Morgan fingerprint density at radius 2 is 2.31 bits per heavy atom. The van der Waals surface area contributed by atoms with Crippen LogP contribution in [0.5, 0.6) is 0 Å². The van der Waals surface area contributed by atoms with E-state index in [4.69, 9.17) is 11.6 Å². The number of nitrogens with one attached hydrogen (secondary N) is 1. The lowest BCUT2D eigenvalue weighted by Gasteiger charge is -2.00. The third-order valence-electron chi connectivity index (χ3n) is 1.95.